The first-order valence-electron chi connectivity index (χ1n) is 6.57. The molecule has 0 saturated carbocycles. The van der Waals surface area contributed by atoms with Crippen molar-refractivity contribution in [2.24, 2.45) is 0 Å². The third-order valence-corrected chi connectivity index (χ3v) is 4.34. The van der Waals surface area contributed by atoms with Crippen LogP contribution in [0.5, 0.6) is 0 Å². The smallest absolute Gasteiger partial charge is 0.329 e. The number of urea groups is 1. The molecule has 0 radical (unpaired) electrons. The topological polar surface area (TPSA) is 69.6 Å². The first-order valence-corrected chi connectivity index (χ1v) is 7.36. The van der Waals surface area contributed by atoms with Crippen LogP contribution in [-0.2, 0) is 4.79 Å². The van der Waals surface area contributed by atoms with Gasteiger partial charge in [0.15, 0.2) is 0 Å². The van der Waals surface area contributed by atoms with Crippen molar-refractivity contribution in [3.8, 4) is 0 Å². The Hall–Kier alpha value is -1.56. The standard InChI is InChI=1S/C14H17BrN2O3/c1-2-14(12(18)19)8-3-9-17(14)13(20)16-11-6-4-10(15)5-7-11/h4-7H,2-3,8-9H2,1H3,(H,16,20)(H,18,19). The van der Waals surface area contributed by atoms with Crippen LogP contribution in [0, 0.1) is 0 Å². The fourth-order valence-electron chi connectivity index (χ4n) is 2.64. The minimum atomic E-state index is -1.07. The Morgan fingerprint density at radius 1 is 1.40 bits per heavy atom. The Morgan fingerprint density at radius 2 is 2.05 bits per heavy atom. The molecular weight excluding hydrogens is 324 g/mol. The number of benzene rings is 1. The van der Waals surface area contributed by atoms with Gasteiger partial charge < -0.3 is 15.3 Å². The largest absolute Gasteiger partial charge is 0.479 e. The molecule has 0 bridgehead atoms. The second kappa shape index (κ2) is 5.83. The minimum absolute atomic E-state index is 0.353. The number of anilines is 1. The summed E-state index contributed by atoms with van der Waals surface area (Å²) in [5.74, 6) is -0.927. The van der Waals surface area contributed by atoms with Crippen LogP contribution >= 0.6 is 15.9 Å². The Morgan fingerprint density at radius 3 is 2.60 bits per heavy atom. The van der Waals surface area contributed by atoms with Crippen LogP contribution in [0.15, 0.2) is 28.7 Å². The summed E-state index contributed by atoms with van der Waals surface area (Å²) in [6.07, 6.45) is 1.64. The lowest BCUT2D eigenvalue weighted by atomic mass is 9.93. The number of halogens is 1. The average molecular weight is 341 g/mol. The summed E-state index contributed by atoms with van der Waals surface area (Å²) in [6.45, 7) is 2.28. The van der Waals surface area contributed by atoms with Gasteiger partial charge in [0, 0.05) is 16.7 Å². The van der Waals surface area contributed by atoms with Gasteiger partial charge in [-0.25, -0.2) is 9.59 Å². The zero-order valence-electron chi connectivity index (χ0n) is 11.2. The predicted molar refractivity (Wildman–Crippen MR) is 79.8 cm³/mol. The zero-order chi connectivity index (χ0) is 14.8. The lowest BCUT2D eigenvalue weighted by Gasteiger charge is -2.33. The third kappa shape index (κ3) is 2.65. The second-order valence-corrected chi connectivity index (χ2v) is 5.80. The number of hydrogen-bond donors (Lipinski definition) is 2. The van der Waals surface area contributed by atoms with Crippen molar-refractivity contribution in [1.82, 2.24) is 4.90 Å². The number of carbonyl (C=O) groups is 2. The van der Waals surface area contributed by atoms with Gasteiger partial charge in [0.05, 0.1) is 0 Å². The molecule has 2 N–H and O–H groups in total. The van der Waals surface area contributed by atoms with E-state index in [1.807, 2.05) is 12.1 Å². The summed E-state index contributed by atoms with van der Waals surface area (Å²) in [5.41, 5.74) is -0.417. The van der Waals surface area contributed by atoms with Crippen LogP contribution in [0.25, 0.3) is 0 Å². The molecule has 6 heteroatoms. The van der Waals surface area contributed by atoms with Gasteiger partial charge in [-0.15, -0.1) is 0 Å². The second-order valence-electron chi connectivity index (χ2n) is 4.88. The van der Waals surface area contributed by atoms with Crippen molar-refractivity contribution >= 4 is 33.6 Å². The van der Waals surface area contributed by atoms with Crippen molar-refractivity contribution in [2.75, 3.05) is 11.9 Å². The monoisotopic (exact) mass is 340 g/mol. The molecule has 1 unspecified atom stereocenters. The number of carbonyl (C=O) groups excluding carboxylic acids is 1. The number of carboxylic acids is 1. The number of nitrogens with one attached hydrogen (secondary N) is 1. The van der Waals surface area contributed by atoms with E-state index in [0.29, 0.717) is 31.5 Å². The van der Waals surface area contributed by atoms with E-state index >= 15 is 0 Å². The molecule has 1 aliphatic rings. The van der Waals surface area contributed by atoms with E-state index < -0.39 is 11.5 Å². The fraction of sp³-hybridized carbons (Fsp3) is 0.429. The molecule has 1 fully saturated rings. The van der Waals surface area contributed by atoms with Gasteiger partial charge in [-0.2, -0.15) is 0 Å². The van der Waals surface area contributed by atoms with Crippen molar-refractivity contribution in [1.29, 1.82) is 0 Å². The molecule has 108 valence electrons. The molecule has 0 aromatic heterocycles. The Kier molecular flexibility index (Phi) is 4.32. The molecule has 0 spiro atoms. The van der Waals surface area contributed by atoms with E-state index in [4.69, 9.17) is 0 Å². The molecule has 1 aliphatic heterocycles. The van der Waals surface area contributed by atoms with Crippen molar-refractivity contribution < 1.29 is 14.7 Å². The normalized spacial score (nSPS) is 21.8. The SMILES string of the molecule is CCC1(C(=O)O)CCCN1C(=O)Nc1ccc(Br)cc1. The lowest BCUT2D eigenvalue weighted by molar-refractivity contribution is -0.148. The maximum atomic E-state index is 12.3. The number of rotatable bonds is 3. The Labute approximate surface area is 126 Å². The predicted octanol–water partition coefficient (Wildman–Crippen LogP) is 3.31. The van der Waals surface area contributed by atoms with Gasteiger partial charge >= 0.3 is 12.0 Å². The van der Waals surface area contributed by atoms with Crippen molar-refractivity contribution in [2.45, 2.75) is 31.7 Å². The van der Waals surface area contributed by atoms with Gasteiger partial charge in [0.25, 0.3) is 0 Å². The molecule has 1 aromatic rings. The highest BCUT2D eigenvalue weighted by Crippen LogP contribution is 2.33. The molecule has 2 rings (SSSR count). The minimum Gasteiger partial charge on any atom is -0.479 e. The number of nitrogens with zero attached hydrogens (tertiary/aromatic N) is 1. The molecule has 1 aromatic carbocycles. The Bertz CT molecular complexity index is 518. The third-order valence-electron chi connectivity index (χ3n) is 3.81. The summed E-state index contributed by atoms with van der Waals surface area (Å²) in [6, 6.07) is 6.83. The summed E-state index contributed by atoms with van der Waals surface area (Å²) < 4.78 is 0.921. The maximum absolute atomic E-state index is 12.3. The van der Waals surface area contributed by atoms with Gasteiger partial charge in [-0.3, -0.25) is 0 Å². The molecular formula is C14H17BrN2O3. The van der Waals surface area contributed by atoms with Crippen molar-refractivity contribution in [3.63, 3.8) is 0 Å². The molecule has 2 amide bonds. The number of aliphatic carboxylic acids is 1. The van der Waals surface area contributed by atoms with Crippen LogP contribution < -0.4 is 5.32 Å². The van der Waals surface area contributed by atoms with Crippen LogP contribution in [0.3, 0.4) is 0 Å². The molecule has 20 heavy (non-hydrogen) atoms. The van der Waals surface area contributed by atoms with E-state index in [0.717, 1.165) is 4.47 Å². The quantitative estimate of drug-likeness (QED) is 0.886. The summed E-state index contributed by atoms with van der Waals surface area (Å²) in [5, 5.41) is 12.2. The molecule has 5 nitrogen and oxygen atoms in total. The van der Waals surface area contributed by atoms with E-state index in [9.17, 15) is 14.7 Å². The first kappa shape index (κ1) is 14.8. The molecule has 1 atom stereocenters. The van der Waals surface area contributed by atoms with E-state index in [2.05, 4.69) is 21.2 Å². The van der Waals surface area contributed by atoms with E-state index in [1.54, 1.807) is 19.1 Å². The summed E-state index contributed by atoms with van der Waals surface area (Å²) in [7, 11) is 0. The van der Waals surface area contributed by atoms with E-state index in [-0.39, 0.29) is 6.03 Å². The zero-order valence-corrected chi connectivity index (χ0v) is 12.8. The summed E-state index contributed by atoms with van der Waals surface area (Å²) >= 11 is 3.33. The number of hydrogen-bond acceptors (Lipinski definition) is 2. The van der Waals surface area contributed by atoms with Crippen LogP contribution in [-0.4, -0.2) is 34.1 Å². The highest BCUT2D eigenvalue weighted by Gasteiger charge is 2.48. The highest BCUT2D eigenvalue weighted by molar-refractivity contribution is 9.10. The van der Waals surface area contributed by atoms with Crippen LogP contribution in [0.2, 0.25) is 0 Å². The van der Waals surface area contributed by atoms with Gasteiger partial charge in [-0.05, 0) is 43.5 Å². The van der Waals surface area contributed by atoms with Gasteiger partial charge in [0.1, 0.15) is 5.54 Å². The molecule has 1 saturated heterocycles. The molecule has 0 aliphatic carbocycles. The number of carboxylic acid groups (broad SMARTS) is 1. The highest BCUT2D eigenvalue weighted by atomic mass is 79.9. The van der Waals surface area contributed by atoms with Crippen LogP contribution in [0.4, 0.5) is 10.5 Å². The van der Waals surface area contributed by atoms with Gasteiger partial charge in [-0.1, -0.05) is 22.9 Å². The fourth-order valence-corrected chi connectivity index (χ4v) is 2.90. The number of amides is 2. The Balaban J connectivity index is 2.15. The van der Waals surface area contributed by atoms with Crippen LogP contribution in [0.1, 0.15) is 26.2 Å². The van der Waals surface area contributed by atoms with E-state index in [1.165, 1.54) is 4.90 Å². The first-order chi connectivity index (χ1) is 9.49. The maximum Gasteiger partial charge on any atom is 0.329 e. The average Bonchev–Trinajstić information content (AvgIpc) is 2.86. The van der Waals surface area contributed by atoms with Gasteiger partial charge in [0.2, 0.25) is 0 Å². The molecule has 1 heterocycles. The number of likely N-dealkylation sites (tertiary alicyclic amines) is 1. The summed E-state index contributed by atoms with van der Waals surface area (Å²) in [4.78, 5) is 25.3. The lowest BCUT2D eigenvalue weighted by Crippen LogP contribution is -2.54. The van der Waals surface area contributed by atoms with Crippen molar-refractivity contribution in [3.05, 3.63) is 28.7 Å².